The molecule has 0 radical (unpaired) electrons. The van der Waals surface area contributed by atoms with E-state index in [-0.39, 0.29) is 18.1 Å². The van der Waals surface area contributed by atoms with Crippen LogP contribution in [-0.2, 0) is 4.74 Å². The Morgan fingerprint density at radius 2 is 2.00 bits per heavy atom. The van der Waals surface area contributed by atoms with Crippen LogP contribution in [0.4, 0.5) is 13.2 Å². The molecule has 0 saturated heterocycles. The van der Waals surface area contributed by atoms with Gasteiger partial charge in [0.25, 0.3) is 0 Å². The first-order valence-electron chi connectivity index (χ1n) is 6.19. The molecule has 1 rings (SSSR count). The Labute approximate surface area is 101 Å². The lowest BCUT2D eigenvalue weighted by Gasteiger charge is -2.52. The standard InChI is InChI=1S/C12H22F3NO/c1-4-6-16-9-8-10(11(9,2)3)17-7-5-12(13,14)15/h9-10,16H,4-8H2,1-3H3. The summed E-state index contributed by atoms with van der Waals surface area (Å²) in [6.45, 7) is 6.90. The van der Waals surface area contributed by atoms with Crippen molar-refractivity contribution in [3.05, 3.63) is 0 Å². The molecule has 0 aromatic rings. The number of hydrogen-bond donors (Lipinski definition) is 1. The lowest BCUT2D eigenvalue weighted by atomic mass is 9.64. The molecule has 2 nitrogen and oxygen atoms in total. The first-order valence-corrected chi connectivity index (χ1v) is 6.19. The minimum absolute atomic E-state index is 0.0563. The molecule has 1 fully saturated rings. The Morgan fingerprint density at radius 3 is 2.47 bits per heavy atom. The van der Waals surface area contributed by atoms with Crippen LogP contribution in [0, 0.1) is 5.41 Å². The molecule has 1 aliphatic rings. The second-order valence-electron chi connectivity index (χ2n) is 5.29. The van der Waals surface area contributed by atoms with E-state index in [2.05, 4.69) is 12.2 Å². The zero-order valence-corrected chi connectivity index (χ0v) is 10.7. The molecular formula is C12H22F3NO. The average Bonchev–Trinajstić information content (AvgIpc) is 2.19. The van der Waals surface area contributed by atoms with Gasteiger partial charge in [0, 0.05) is 11.5 Å². The Bertz CT molecular complexity index is 240. The van der Waals surface area contributed by atoms with Crippen molar-refractivity contribution in [2.24, 2.45) is 5.41 Å². The Balaban J connectivity index is 2.25. The summed E-state index contributed by atoms with van der Waals surface area (Å²) in [5, 5.41) is 3.39. The molecule has 17 heavy (non-hydrogen) atoms. The lowest BCUT2D eigenvalue weighted by molar-refractivity contribution is -0.170. The van der Waals surface area contributed by atoms with Gasteiger partial charge in [-0.1, -0.05) is 20.8 Å². The highest BCUT2D eigenvalue weighted by Gasteiger charge is 2.48. The van der Waals surface area contributed by atoms with Gasteiger partial charge in [-0.2, -0.15) is 13.2 Å². The lowest BCUT2D eigenvalue weighted by Crippen LogP contribution is -2.61. The van der Waals surface area contributed by atoms with E-state index in [1.54, 1.807) is 0 Å². The maximum absolute atomic E-state index is 12.0. The van der Waals surface area contributed by atoms with Gasteiger partial charge in [-0.3, -0.25) is 0 Å². The summed E-state index contributed by atoms with van der Waals surface area (Å²) in [5.74, 6) is 0. The number of alkyl halides is 3. The Morgan fingerprint density at radius 1 is 1.35 bits per heavy atom. The first-order chi connectivity index (χ1) is 7.77. The van der Waals surface area contributed by atoms with Gasteiger partial charge in [0.1, 0.15) is 0 Å². The molecule has 2 unspecified atom stereocenters. The van der Waals surface area contributed by atoms with E-state index in [9.17, 15) is 13.2 Å². The van der Waals surface area contributed by atoms with Crippen LogP contribution in [0.2, 0.25) is 0 Å². The van der Waals surface area contributed by atoms with E-state index in [0.717, 1.165) is 19.4 Å². The van der Waals surface area contributed by atoms with Gasteiger partial charge in [0.2, 0.25) is 0 Å². The molecule has 1 saturated carbocycles. The third-order valence-corrected chi connectivity index (χ3v) is 3.52. The van der Waals surface area contributed by atoms with Crippen molar-refractivity contribution in [1.82, 2.24) is 5.32 Å². The van der Waals surface area contributed by atoms with Gasteiger partial charge in [0.05, 0.1) is 19.1 Å². The SMILES string of the molecule is CCCNC1CC(OCCC(F)(F)F)C1(C)C. The predicted octanol–water partition coefficient (Wildman–Crippen LogP) is 3.12. The van der Waals surface area contributed by atoms with Gasteiger partial charge >= 0.3 is 6.18 Å². The van der Waals surface area contributed by atoms with Crippen LogP contribution in [-0.4, -0.2) is 31.5 Å². The molecule has 5 heteroatoms. The van der Waals surface area contributed by atoms with Crippen LogP contribution in [0.15, 0.2) is 0 Å². The van der Waals surface area contributed by atoms with Crippen molar-refractivity contribution in [3.8, 4) is 0 Å². The van der Waals surface area contributed by atoms with Gasteiger partial charge in [-0.25, -0.2) is 0 Å². The van der Waals surface area contributed by atoms with Gasteiger partial charge in [0.15, 0.2) is 0 Å². The molecule has 0 amide bonds. The Hall–Kier alpha value is -0.290. The van der Waals surface area contributed by atoms with Crippen molar-refractivity contribution in [2.75, 3.05) is 13.2 Å². The summed E-state index contributed by atoms with van der Waals surface area (Å²) in [5.41, 5.74) is -0.0687. The topological polar surface area (TPSA) is 21.3 Å². The molecule has 0 aliphatic heterocycles. The van der Waals surface area contributed by atoms with Crippen LogP contribution in [0.5, 0.6) is 0 Å². The summed E-state index contributed by atoms with van der Waals surface area (Å²) in [7, 11) is 0. The number of ether oxygens (including phenoxy) is 1. The van der Waals surface area contributed by atoms with Crippen LogP contribution in [0.1, 0.15) is 40.0 Å². The second-order valence-corrected chi connectivity index (χ2v) is 5.29. The fraction of sp³-hybridized carbons (Fsp3) is 1.00. The molecule has 0 heterocycles. The van der Waals surface area contributed by atoms with Crippen molar-refractivity contribution in [1.29, 1.82) is 0 Å². The average molecular weight is 253 g/mol. The van der Waals surface area contributed by atoms with Crippen LogP contribution in [0.25, 0.3) is 0 Å². The molecule has 1 N–H and O–H groups in total. The molecule has 0 spiro atoms. The first kappa shape index (κ1) is 14.8. The predicted molar refractivity (Wildman–Crippen MR) is 60.9 cm³/mol. The summed E-state index contributed by atoms with van der Waals surface area (Å²) >= 11 is 0. The molecule has 0 aromatic carbocycles. The minimum Gasteiger partial charge on any atom is -0.377 e. The fourth-order valence-corrected chi connectivity index (χ4v) is 2.15. The summed E-state index contributed by atoms with van der Waals surface area (Å²) in [4.78, 5) is 0. The van der Waals surface area contributed by atoms with Gasteiger partial charge in [-0.15, -0.1) is 0 Å². The quantitative estimate of drug-likeness (QED) is 0.785. The Kier molecular flexibility index (Phi) is 4.84. The zero-order chi connectivity index (χ0) is 13.1. The monoisotopic (exact) mass is 253 g/mol. The van der Waals surface area contributed by atoms with Crippen molar-refractivity contribution >= 4 is 0 Å². The van der Waals surface area contributed by atoms with E-state index in [0.29, 0.717) is 6.04 Å². The van der Waals surface area contributed by atoms with Crippen molar-refractivity contribution in [3.63, 3.8) is 0 Å². The van der Waals surface area contributed by atoms with Gasteiger partial charge < -0.3 is 10.1 Å². The fourth-order valence-electron chi connectivity index (χ4n) is 2.15. The maximum Gasteiger partial charge on any atom is 0.391 e. The van der Waals surface area contributed by atoms with Crippen LogP contribution >= 0.6 is 0 Å². The normalized spacial score (nSPS) is 27.9. The third kappa shape index (κ3) is 4.14. The van der Waals surface area contributed by atoms with E-state index < -0.39 is 12.6 Å². The highest BCUT2D eigenvalue weighted by Crippen LogP contribution is 2.43. The van der Waals surface area contributed by atoms with Crippen molar-refractivity contribution in [2.45, 2.75) is 58.4 Å². The third-order valence-electron chi connectivity index (χ3n) is 3.52. The van der Waals surface area contributed by atoms with E-state index in [4.69, 9.17) is 4.74 Å². The molecule has 0 bridgehead atoms. The number of rotatable bonds is 6. The molecule has 0 aromatic heterocycles. The number of hydrogen-bond acceptors (Lipinski definition) is 2. The van der Waals surface area contributed by atoms with Crippen LogP contribution in [0.3, 0.4) is 0 Å². The van der Waals surface area contributed by atoms with E-state index in [1.165, 1.54) is 0 Å². The highest BCUT2D eigenvalue weighted by molar-refractivity contribution is 5.02. The van der Waals surface area contributed by atoms with Crippen molar-refractivity contribution < 1.29 is 17.9 Å². The van der Waals surface area contributed by atoms with Gasteiger partial charge in [-0.05, 0) is 19.4 Å². The second kappa shape index (κ2) is 5.57. The molecule has 102 valence electrons. The van der Waals surface area contributed by atoms with E-state index in [1.807, 2.05) is 13.8 Å². The zero-order valence-electron chi connectivity index (χ0n) is 10.7. The molecule has 2 atom stereocenters. The largest absolute Gasteiger partial charge is 0.391 e. The molecule has 1 aliphatic carbocycles. The highest BCUT2D eigenvalue weighted by atomic mass is 19.4. The number of halogens is 3. The van der Waals surface area contributed by atoms with Crippen LogP contribution < -0.4 is 5.32 Å². The van der Waals surface area contributed by atoms with E-state index >= 15 is 0 Å². The molecular weight excluding hydrogens is 231 g/mol. The number of nitrogens with one attached hydrogen (secondary N) is 1. The smallest absolute Gasteiger partial charge is 0.377 e. The summed E-state index contributed by atoms with van der Waals surface area (Å²) in [6, 6.07) is 0.360. The maximum atomic E-state index is 12.0. The summed E-state index contributed by atoms with van der Waals surface area (Å²) in [6.07, 6.45) is -3.16. The minimum atomic E-state index is -4.12. The summed E-state index contributed by atoms with van der Waals surface area (Å²) < 4.78 is 41.2.